The number of alkyl halides is 3. The lowest BCUT2D eigenvalue weighted by molar-refractivity contribution is -0.144. The van der Waals surface area contributed by atoms with Gasteiger partial charge in [-0.05, 0) is 18.8 Å². The van der Waals surface area contributed by atoms with Crippen LogP contribution in [0.3, 0.4) is 0 Å². The molecule has 21 heavy (non-hydrogen) atoms. The van der Waals surface area contributed by atoms with Gasteiger partial charge < -0.3 is 4.90 Å². The summed E-state index contributed by atoms with van der Waals surface area (Å²) in [6.45, 7) is 8.67. The molecule has 120 valence electrons. The van der Waals surface area contributed by atoms with Crippen molar-refractivity contribution in [1.29, 1.82) is 0 Å². The Bertz CT molecular complexity index is 459. The summed E-state index contributed by atoms with van der Waals surface area (Å²) in [4.78, 5) is 8.86. The molecule has 0 saturated carbocycles. The molecule has 0 aliphatic heterocycles. The van der Waals surface area contributed by atoms with Gasteiger partial charge in [0.25, 0.3) is 0 Å². The largest absolute Gasteiger partial charge is 0.451 e. The molecule has 0 bridgehead atoms. The molecule has 1 aromatic rings. The van der Waals surface area contributed by atoms with Crippen molar-refractivity contribution in [2.45, 2.75) is 52.8 Å². The van der Waals surface area contributed by atoms with E-state index in [0.717, 1.165) is 12.8 Å². The molecule has 0 fully saturated rings. The molecule has 0 aliphatic rings. The summed E-state index contributed by atoms with van der Waals surface area (Å²) >= 11 is 5.75. The van der Waals surface area contributed by atoms with Crippen LogP contribution in [0.2, 0.25) is 5.15 Å². The van der Waals surface area contributed by atoms with E-state index in [1.807, 2.05) is 32.6 Å². The Kier molecular flexibility index (Phi) is 6.25. The van der Waals surface area contributed by atoms with Crippen molar-refractivity contribution in [2.75, 3.05) is 11.4 Å². The van der Waals surface area contributed by atoms with E-state index in [1.165, 1.54) is 6.07 Å². The van der Waals surface area contributed by atoms with E-state index in [9.17, 15) is 13.2 Å². The summed E-state index contributed by atoms with van der Waals surface area (Å²) in [6, 6.07) is 1.52. The first kappa shape index (κ1) is 18.0. The van der Waals surface area contributed by atoms with E-state index in [0.29, 0.717) is 12.5 Å². The fraction of sp³-hybridized carbons (Fsp3) is 0.714. The molecule has 1 heterocycles. The van der Waals surface area contributed by atoms with E-state index in [2.05, 4.69) is 9.97 Å². The quantitative estimate of drug-likeness (QED) is 0.704. The first-order valence-corrected chi connectivity index (χ1v) is 7.45. The number of hydrogen-bond donors (Lipinski definition) is 0. The Morgan fingerprint density at radius 1 is 1.19 bits per heavy atom. The lowest BCUT2D eigenvalue weighted by Gasteiger charge is -2.33. The highest BCUT2D eigenvalue weighted by molar-refractivity contribution is 6.29. The van der Waals surface area contributed by atoms with Crippen molar-refractivity contribution in [3.63, 3.8) is 0 Å². The Morgan fingerprint density at radius 2 is 1.76 bits per heavy atom. The molecular formula is C14H21ClF3N3. The van der Waals surface area contributed by atoms with E-state index < -0.39 is 12.0 Å². The van der Waals surface area contributed by atoms with Crippen LogP contribution in [0.1, 0.15) is 46.4 Å². The van der Waals surface area contributed by atoms with Crippen molar-refractivity contribution in [3.8, 4) is 0 Å². The minimum absolute atomic E-state index is 0.124. The smallest absolute Gasteiger partial charge is 0.353 e. The molecule has 0 aromatic carbocycles. The summed E-state index contributed by atoms with van der Waals surface area (Å²) in [6.07, 6.45) is -2.95. The number of anilines is 1. The number of hydrogen-bond acceptors (Lipinski definition) is 3. The second-order valence-corrected chi connectivity index (χ2v) is 5.77. The SMILES string of the molecule is CCC(CC)N(CC(C)C)c1cc(Cl)nc(C(F)(F)F)n1. The molecule has 7 heteroatoms. The van der Waals surface area contributed by atoms with Crippen molar-refractivity contribution in [2.24, 2.45) is 5.92 Å². The third-order valence-corrected chi connectivity index (χ3v) is 3.37. The highest BCUT2D eigenvalue weighted by atomic mass is 35.5. The van der Waals surface area contributed by atoms with Gasteiger partial charge in [-0.1, -0.05) is 39.3 Å². The van der Waals surface area contributed by atoms with E-state index >= 15 is 0 Å². The van der Waals surface area contributed by atoms with Gasteiger partial charge in [-0.25, -0.2) is 9.97 Å². The van der Waals surface area contributed by atoms with Crippen LogP contribution in [0.15, 0.2) is 6.07 Å². The van der Waals surface area contributed by atoms with Crippen LogP contribution in [0, 0.1) is 5.92 Å². The van der Waals surface area contributed by atoms with Gasteiger partial charge in [-0.2, -0.15) is 13.2 Å². The van der Waals surface area contributed by atoms with Gasteiger partial charge >= 0.3 is 6.18 Å². The van der Waals surface area contributed by atoms with Crippen LogP contribution in [0.5, 0.6) is 0 Å². The van der Waals surface area contributed by atoms with Crippen LogP contribution in [-0.4, -0.2) is 22.6 Å². The second-order valence-electron chi connectivity index (χ2n) is 5.39. The van der Waals surface area contributed by atoms with Gasteiger partial charge in [-0.15, -0.1) is 0 Å². The van der Waals surface area contributed by atoms with Gasteiger partial charge in [0.2, 0.25) is 5.82 Å². The molecule has 0 amide bonds. The van der Waals surface area contributed by atoms with Gasteiger partial charge in [0.05, 0.1) is 0 Å². The number of halogens is 4. The average Bonchev–Trinajstić information content (AvgIpc) is 2.36. The van der Waals surface area contributed by atoms with Crippen LogP contribution < -0.4 is 4.90 Å². The third-order valence-electron chi connectivity index (χ3n) is 3.17. The van der Waals surface area contributed by atoms with Gasteiger partial charge in [0.15, 0.2) is 0 Å². The Hall–Kier alpha value is -1.04. The normalized spacial score (nSPS) is 12.3. The molecule has 3 nitrogen and oxygen atoms in total. The van der Waals surface area contributed by atoms with Crippen molar-refractivity contribution in [1.82, 2.24) is 9.97 Å². The van der Waals surface area contributed by atoms with Crippen LogP contribution in [0.25, 0.3) is 0 Å². The minimum atomic E-state index is -4.60. The fourth-order valence-electron chi connectivity index (χ4n) is 2.23. The van der Waals surface area contributed by atoms with Crippen LogP contribution in [0.4, 0.5) is 19.0 Å². The molecule has 0 N–H and O–H groups in total. The highest BCUT2D eigenvalue weighted by Crippen LogP contribution is 2.30. The Labute approximate surface area is 128 Å². The molecule has 1 rings (SSSR count). The second kappa shape index (κ2) is 7.29. The van der Waals surface area contributed by atoms with E-state index in [1.54, 1.807) is 0 Å². The van der Waals surface area contributed by atoms with Crippen LogP contribution >= 0.6 is 11.6 Å². The summed E-state index contributed by atoms with van der Waals surface area (Å²) in [5, 5.41) is -0.188. The number of rotatable bonds is 6. The fourth-order valence-corrected chi connectivity index (χ4v) is 2.41. The first-order valence-electron chi connectivity index (χ1n) is 7.07. The molecule has 0 aliphatic carbocycles. The predicted octanol–water partition coefficient (Wildman–Crippen LogP) is 4.80. The minimum Gasteiger partial charge on any atom is -0.353 e. The predicted molar refractivity (Wildman–Crippen MR) is 78.6 cm³/mol. The molecule has 0 unspecified atom stereocenters. The standard InChI is InChI=1S/C14H21ClF3N3/c1-5-10(6-2)21(8-9(3)4)12-7-11(15)19-13(20-12)14(16,17)18/h7,9-10H,5-6,8H2,1-4H3. The number of aromatic nitrogens is 2. The van der Waals surface area contributed by atoms with Crippen LogP contribution in [-0.2, 0) is 6.18 Å². The van der Waals surface area contributed by atoms with Gasteiger partial charge in [0.1, 0.15) is 11.0 Å². The molecule has 1 aromatic heterocycles. The maximum absolute atomic E-state index is 12.8. The van der Waals surface area contributed by atoms with Crippen molar-refractivity contribution in [3.05, 3.63) is 17.0 Å². The topological polar surface area (TPSA) is 29.0 Å². The third kappa shape index (κ3) is 5.02. The molecular weight excluding hydrogens is 303 g/mol. The zero-order chi connectivity index (χ0) is 16.2. The number of nitrogens with zero attached hydrogens (tertiary/aromatic N) is 3. The average molecular weight is 324 g/mol. The summed E-state index contributed by atoms with van der Waals surface area (Å²) < 4.78 is 38.5. The molecule has 0 atom stereocenters. The summed E-state index contributed by atoms with van der Waals surface area (Å²) in [5.74, 6) is -0.650. The maximum Gasteiger partial charge on any atom is 0.451 e. The Balaban J connectivity index is 3.26. The maximum atomic E-state index is 12.8. The molecule has 0 radical (unpaired) electrons. The monoisotopic (exact) mass is 323 g/mol. The first-order chi connectivity index (χ1) is 9.68. The summed E-state index contributed by atoms with van der Waals surface area (Å²) in [5.41, 5.74) is 0. The highest BCUT2D eigenvalue weighted by Gasteiger charge is 2.36. The van der Waals surface area contributed by atoms with Crippen molar-refractivity contribution >= 4 is 17.4 Å². The van der Waals surface area contributed by atoms with Gasteiger partial charge in [0, 0.05) is 18.7 Å². The summed E-state index contributed by atoms with van der Waals surface area (Å²) in [7, 11) is 0. The lowest BCUT2D eigenvalue weighted by atomic mass is 10.1. The zero-order valence-electron chi connectivity index (χ0n) is 12.7. The van der Waals surface area contributed by atoms with E-state index in [-0.39, 0.29) is 17.0 Å². The zero-order valence-corrected chi connectivity index (χ0v) is 13.5. The van der Waals surface area contributed by atoms with Gasteiger partial charge in [-0.3, -0.25) is 0 Å². The Morgan fingerprint density at radius 3 is 2.19 bits per heavy atom. The molecule has 0 spiro atoms. The van der Waals surface area contributed by atoms with E-state index in [4.69, 9.17) is 11.6 Å². The lowest BCUT2D eigenvalue weighted by Crippen LogP contribution is -2.38. The molecule has 0 saturated heterocycles. The van der Waals surface area contributed by atoms with Crippen molar-refractivity contribution < 1.29 is 13.2 Å².